The van der Waals surface area contributed by atoms with Gasteiger partial charge >= 0.3 is 0 Å². The fourth-order valence-electron chi connectivity index (χ4n) is 2.28. The van der Waals surface area contributed by atoms with Gasteiger partial charge in [0.25, 0.3) is 0 Å². The minimum Gasteiger partial charge on any atom is -0.306 e. The highest BCUT2D eigenvalue weighted by molar-refractivity contribution is 7.09. The van der Waals surface area contributed by atoms with Crippen LogP contribution in [0.5, 0.6) is 0 Å². The van der Waals surface area contributed by atoms with Gasteiger partial charge in [-0.3, -0.25) is 0 Å². The maximum Gasteiger partial charge on any atom is 0.109 e. The Bertz CT molecular complexity index is 493. The van der Waals surface area contributed by atoms with Crippen LogP contribution in [0.2, 0.25) is 0 Å². The van der Waals surface area contributed by atoms with Gasteiger partial charge in [-0.15, -0.1) is 11.3 Å². The first kappa shape index (κ1) is 14.2. The molecule has 2 atom stereocenters. The van der Waals surface area contributed by atoms with E-state index in [4.69, 9.17) is 0 Å². The zero-order valence-electron chi connectivity index (χ0n) is 11.9. The number of aryl methyl sites for hydroxylation is 2. The van der Waals surface area contributed by atoms with Crippen LogP contribution < -0.4 is 5.32 Å². The zero-order chi connectivity index (χ0) is 13.7. The Morgan fingerprint density at radius 1 is 1.32 bits per heavy atom. The first-order valence-electron chi connectivity index (χ1n) is 6.86. The third-order valence-electron chi connectivity index (χ3n) is 3.30. The van der Waals surface area contributed by atoms with Gasteiger partial charge in [0.2, 0.25) is 0 Å². The van der Waals surface area contributed by atoms with E-state index in [-0.39, 0.29) is 0 Å². The first-order chi connectivity index (χ1) is 9.15. The third-order valence-corrected chi connectivity index (χ3v) is 4.26. The van der Waals surface area contributed by atoms with E-state index < -0.39 is 0 Å². The Morgan fingerprint density at radius 3 is 2.84 bits per heavy atom. The van der Waals surface area contributed by atoms with E-state index in [9.17, 15) is 0 Å². The Balaban J connectivity index is 1.80. The van der Waals surface area contributed by atoms with Crippen LogP contribution in [0.3, 0.4) is 0 Å². The lowest BCUT2D eigenvalue weighted by Gasteiger charge is -2.18. The maximum atomic E-state index is 4.36. The molecule has 1 aromatic carbocycles. The van der Waals surface area contributed by atoms with Crippen LogP contribution in [-0.2, 0) is 6.42 Å². The molecule has 0 spiro atoms. The predicted molar refractivity (Wildman–Crippen MR) is 82.6 cm³/mol. The molecule has 0 aliphatic heterocycles. The van der Waals surface area contributed by atoms with Crippen LogP contribution in [0, 0.1) is 6.92 Å². The van der Waals surface area contributed by atoms with Crippen LogP contribution in [0.4, 0.5) is 0 Å². The Labute approximate surface area is 119 Å². The van der Waals surface area contributed by atoms with E-state index in [1.807, 2.05) is 11.6 Å². The Morgan fingerprint density at radius 2 is 2.16 bits per heavy atom. The van der Waals surface area contributed by atoms with Crippen LogP contribution in [0.15, 0.2) is 35.8 Å². The van der Waals surface area contributed by atoms with E-state index >= 15 is 0 Å². The minimum atomic E-state index is 0.340. The van der Waals surface area contributed by atoms with E-state index in [0.29, 0.717) is 12.1 Å². The molecule has 2 rings (SSSR count). The summed E-state index contributed by atoms with van der Waals surface area (Å²) in [5.41, 5.74) is 2.77. The molecular weight excluding hydrogens is 252 g/mol. The van der Waals surface area contributed by atoms with E-state index in [1.54, 1.807) is 11.3 Å². The molecule has 3 heteroatoms. The van der Waals surface area contributed by atoms with Crippen molar-refractivity contribution in [3.8, 4) is 0 Å². The third kappa shape index (κ3) is 4.44. The average molecular weight is 274 g/mol. The highest BCUT2D eigenvalue weighted by atomic mass is 32.1. The molecule has 2 nitrogen and oxygen atoms in total. The molecule has 0 aliphatic carbocycles. The van der Waals surface area contributed by atoms with Crippen LogP contribution in [-0.4, -0.2) is 11.0 Å². The number of benzene rings is 1. The van der Waals surface area contributed by atoms with Gasteiger partial charge in [-0.2, -0.15) is 0 Å². The number of nitrogens with one attached hydrogen (secondary N) is 1. The molecule has 19 heavy (non-hydrogen) atoms. The molecule has 2 aromatic rings. The second-order valence-corrected chi connectivity index (χ2v) is 6.11. The molecule has 2 unspecified atom stereocenters. The van der Waals surface area contributed by atoms with Gasteiger partial charge in [0.1, 0.15) is 5.01 Å². The van der Waals surface area contributed by atoms with E-state index in [0.717, 1.165) is 12.8 Å². The lowest BCUT2D eigenvalue weighted by molar-refractivity contribution is 0.455. The number of thiazole rings is 1. The summed E-state index contributed by atoms with van der Waals surface area (Å²) in [7, 11) is 0. The van der Waals surface area contributed by atoms with Crippen molar-refractivity contribution in [2.45, 2.75) is 45.7 Å². The van der Waals surface area contributed by atoms with Crippen molar-refractivity contribution < 1.29 is 0 Å². The zero-order valence-corrected chi connectivity index (χ0v) is 12.7. The number of hydrogen-bond acceptors (Lipinski definition) is 3. The van der Waals surface area contributed by atoms with Crippen molar-refractivity contribution in [2.75, 3.05) is 0 Å². The molecule has 0 radical (unpaired) electrons. The minimum absolute atomic E-state index is 0.340. The number of hydrogen-bond donors (Lipinski definition) is 1. The van der Waals surface area contributed by atoms with Gasteiger partial charge in [-0.1, -0.05) is 29.8 Å². The summed E-state index contributed by atoms with van der Waals surface area (Å²) in [6.07, 6.45) is 4.15. The fourth-order valence-corrected chi connectivity index (χ4v) is 2.94. The van der Waals surface area contributed by atoms with Crippen LogP contribution in [0.1, 0.15) is 42.4 Å². The lowest BCUT2D eigenvalue weighted by Crippen LogP contribution is -2.29. The smallest absolute Gasteiger partial charge is 0.109 e. The van der Waals surface area contributed by atoms with E-state index in [1.165, 1.54) is 16.1 Å². The number of nitrogens with zero attached hydrogens (tertiary/aromatic N) is 1. The molecule has 0 aliphatic rings. The highest BCUT2D eigenvalue weighted by Gasteiger charge is 2.11. The van der Waals surface area contributed by atoms with Gasteiger partial charge in [0, 0.05) is 17.6 Å². The van der Waals surface area contributed by atoms with Gasteiger partial charge < -0.3 is 5.32 Å². The Hall–Kier alpha value is -1.19. The molecule has 0 fully saturated rings. The van der Waals surface area contributed by atoms with Crippen LogP contribution >= 0.6 is 11.3 Å². The normalized spacial score (nSPS) is 14.3. The van der Waals surface area contributed by atoms with Crippen LogP contribution in [0.25, 0.3) is 0 Å². The Kier molecular flexibility index (Phi) is 5.11. The van der Waals surface area contributed by atoms with Gasteiger partial charge in [-0.05, 0) is 39.2 Å². The summed E-state index contributed by atoms with van der Waals surface area (Å²) in [5.74, 6) is 0. The van der Waals surface area contributed by atoms with Crippen molar-refractivity contribution in [1.29, 1.82) is 0 Å². The summed E-state index contributed by atoms with van der Waals surface area (Å²) in [6, 6.07) is 9.62. The standard InChI is InChI=1S/C16H22N2S/c1-12-5-4-6-15(11-12)8-7-13(2)18-14(3)16-17-9-10-19-16/h4-6,9-11,13-14,18H,7-8H2,1-3H3. The lowest BCUT2D eigenvalue weighted by atomic mass is 10.0. The van der Waals surface area contributed by atoms with Gasteiger partial charge in [0.15, 0.2) is 0 Å². The number of rotatable bonds is 6. The summed E-state index contributed by atoms with van der Waals surface area (Å²) < 4.78 is 0. The summed E-state index contributed by atoms with van der Waals surface area (Å²) in [5, 5.41) is 6.82. The molecule has 0 bridgehead atoms. The molecule has 102 valence electrons. The highest BCUT2D eigenvalue weighted by Crippen LogP contribution is 2.16. The second kappa shape index (κ2) is 6.83. The summed E-state index contributed by atoms with van der Waals surface area (Å²) >= 11 is 1.72. The van der Waals surface area contributed by atoms with Crippen molar-refractivity contribution >= 4 is 11.3 Å². The largest absolute Gasteiger partial charge is 0.306 e. The molecule has 0 saturated heterocycles. The molecule has 1 N–H and O–H groups in total. The summed E-state index contributed by atoms with van der Waals surface area (Å²) in [4.78, 5) is 4.36. The van der Waals surface area contributed by atoms with Gasteiger partial charge in [-0.25, -0.2) is 4.98 Å². The fraction of sp³-hybridized carbons (Fsp3) is 0.438. The predicted octanol–water partition coefficient (Wildman–Crippen LogP) is 4.12. The maximum absolute atomic E-state index is 4.36. The monoisotopic (exact) mass is 274 g/mol. The molecule has 1 heterocycles. The summed E-state index contributed by atoms with van der Waals surface area (Å²) in [6.45, 7) is 6.58. The van der Waals surface area contributed by atoms with E-state index in [2.05, 4.69) is 55.3 Å². The molecule has 1 aromatic heterocycles. The topological polar surface area (TPSA) is 24.9 Å². The quantitative estimate of drug-likeness (QED) is 0.857. The average Bonchev–Trinajstić information content (AvgIpc) is 2.90. The van der Waals surface area contributed by atoms with Gasteiger partial charge in [0.05, 0.1) is 6.04 Å². The molecular formula is C16H22N2S. The van der Waals surface area contributed by atoms with Crippen molar-refractivity contribution in [2.24, 2.45) is 0 Å². The van der Waals surface area contributed by atoms with Crippen molar-refractivity contribution in [3.05, 3.63) is 52.0 Å². The number of aromatic nitrogens is 1. The molecule has 0 amide bonds. The van der Waals surface area contributed by atoms with Crippen molar-refractivity contribution in [3.63, 3.8) is 0 Å². The second-order valence-electron chi connectivity index (χ2n) is 5.19. The molecule has 0 saturated carbocycles. The van der Waals surface area contributed by atoms with Crippen molar-refractivity contribution in [1.82, 2.24) is 10.3 Å². The SMILES string of the molecule is Cc1cccc(CCC(C)NC(C)c2nccs2)c1. The first-order valence-corrected chi connectivity index (χ1v) is 7.74.